The third-order valence-electron chi connectivity index (χ3n) is 4.24. The Balaban J connectivity index is 2.05. The fraction of sp³-hybridized carbons (Fsp3) is 0.929. The number of carbonyl (C=O) groups excluding carboxylic acids is 1. The number of rotatable bonds is 6. The van der Waals surface area contributed by atoms with Crippen molar-refractivity contribution >= 4 is 5.91 Å². The minimum Gasteiger partial charge on any atom is -0.323 e. The van der Waals surface area contributed by atoms with Gasteiger partial charge in [0, 0.05) is 6.04 Å². The second kappa shape index (κ2) is 5.38. The molecule has 0 radical (unpaired) electrons. The molecule has 1 aliphatic heterocycles. The van der Waals surface area contributed by atoms with Gasteiger partial charge in [-0.25, -0.2) is 0 Å². The van der Waals surface area contributed by atoms with E-state index in [1.54, 1.807) is 0 Å². The number of hydrogen-bond acceptors (Lipinski definition) is 2. The molecule has 2 rings (SSSR count). The topological polar surface area (TPSA) is 32.3 Å². The highest BCUT2D eigenvalue weighted by Crippen LogP contribution is 2.36. The third kappa shape index (κ3) is 2.65. The van der Waals surface area contributed by atoms with Gasteiger partial charge in [-0.3, -0.25) is 10.1 Å². The SMILES string of the molecule is CCC1NC(CC)N(C(CC)CC2CC2)C1=O. The van der Waals surface area contributed by atoms with Crippen LogP contribution in [0, 0.1) is 5.92 Å². The van der Waals surface area contributed by atoms with Crippen LogP contribution in [0.3, 0.4) is 0 Å². The zero-order valence-electron chi connectivity index (χ0n) is 11.4. The maximum Gasteiger partial charge on any atom is 0.241 e. The molecular formula is C14H26N2O. The molecule has 1 heterocycles. The number of hydrogen-bond donors (Lipinski definition) is 1. The molecule has 2 aliphatic rings. The summed E-state index contributed by atoms with van der Waals surface area (Å²) in [5, 5.41) is 3.47. The van der Waals surface area contributed by atoms with Gasteiger partial charge >= 0.3 is 0 Å². The van der Waals surface area contributed by atoms with Crippen molar-refractivity contribution in [3.8, 4) is 0 Å². The van der Waals surface area contributed by atoms with Crippen molar-refractivity contribution in [2.75, 3.05) is 0 Å². The highest BCUT2D eigenvalue weighted by molar-refractivity contribution is 5.84. The second-order valence-electron chi connectivity index (χ2n) is 5.54. The zero-order valence-corrected chi connectivity index (χ0v) is 11.4. The first-order chi connectivity index (χ1) is 8.21. The molecule has 1 amide bonds. The van der Waals surface area contributed by atoms with Crippen molar-refractivity contribution in [3.63, 3.8) is 0 Å². The summed E-state index contributed by atoms with van der Waals surface area (Å²) in [5.41, 5.74) is 0. The van der Waals surface area contributed by atoms with Gasteiger partial charge in [-0.1, -0.05) is 33.6 Å². The van der Waals surface area contributed by atoms with Crippen LogP contribution in [0.15, 0.2) is 0 Å². The predicted octanol–water partition coefficient (Wildman–Crippen LogP) is 2.51. The Morgan fingerprint density at radius 3 is 2.47 bits per heavy atom. The van der Waals surface area contributed by atoms with Crippen LogP contribution in [0.2, 0.25) is 0 Å². The smallest absolute Gasteiger partial charge is 0.241 e. The van der Waals surface area contributed by atoms with E-state index in [1.807, 2.05) is 0 Å². The fourth-order valence-corrected chi connectivity index (χ4v) is 2.97. The van der Waals surface area contributed by atoms with E-state index in [4.69, 9.17) is 0 Å². The summed E-state index contributed by atoms with van der Waals surface area (Å²) < 4.78 is 0. The van der Waals surface area contributed by atoms with Crippen molar-refractivity contribution in [3.05, 3.63) is 0 Å². The van der Waals surface area contributed by atoms with Crippen molar-refractivity contribution in [2.24, 2.45) is 5.92 Å². The van der Waals surface area contributed by atoms with Gasteiger partial charge in [0.2, 0.25) is 5.91 Å². The fourth-order valence-electron chi connectivity index (χ4n) is 2.97. The van der Waals surface area contributed by atoms with E-state index in [0.717, 1.165) is 25.2 Å². The monoisotopic (exact) mass is 238 g/mol. The minimum absolute atomic E-state index is 0.0632. The molecule has 0 aromatic rings. The van der Waals surface area contributed by atoms with E-state index in [1.165, 1.54) is 19.3 Å². The van der Waals surface area contributed by atoms with Gasteiger partial charge in [-0.2, -0.15) is 0 Å². The van der Waals surface area contributed by atoms with E-state index < -0.39 is 0 Å². The molecule has 0 spiro atoms. The highest BCUT2D eigenvalue weighted by atomic mass is 16.2. The van der Waals surface area contributed by atoms with Gasteiger partial charge in [0.15, 0.2) is 0 Å². The summed E-state index contributed by atoms with van der Waals surface area (Å²) in [6.45, 7) is 6.47. The number of amides is 1. The second-order valence-corrected chi connectivity index (χ2v) is 5.54. The molecule has 3 nitrogen and oxygen atoms in total. The molecule has 1 N–H and O–H groups in total. The zero-order chi connectivity index (χ0) is 12.4. The molecular weight excluding hydrogens is 212 g/mol. The Bertz CT molecular complexity index is 275. The summed E-state index contributed by atoms with van der Waals surface area (Å²) in [5.74, 6) is 1.23. The number of nitrogens with zero attached hydrogens (tertiary/aromatic N) is 1. The van der Waals surface area contributed by atoms with E-state index in [-0.39, 0.29) is 12.2 Å². The Hall–Kier alpha value is -0.570. The lowest BCUT2D eigenvalue weighted by Crippen LogP contribution is -2.44. The van der Waals surface area contributed by atoms with E-state index in [0.29, 0.717) is 11.9 Å². The summed E-state index contributed by atoms with van der Waals surface area (Å²) in [7, 11) is 0. The number of carbonyl (C=O) groups is 1. The first-order valence-electron chi connectivity index (χ1n) is 7.29. The summed E-state index contributed by atoms with van der Waals surface area (Å²) in [6.07, 6.45) is 7.26. The largest absolute Gasteiger partial charge is 0.323 e. The molecule has 2 fully saturated rings. The van der Waals surface area contributed by atoms with Crippen LogP contribution in [0.4, 0.5) is 0 Å². The van der Waals surface area contributed by atoms with Crippen molar-refractivity contribution in [2.45, 2.75) is 77.5 Å². The third-order valence-corrected chi connectivity index (χ3v) is 4.24. The van der Waals surface area contributed by atoms with Crippen LogP contribution in [0.5, 0.6) is 0 Å². The van der Waals surface area contributed by atoms with Gasteiger partial charge in [0.1, 0.15) is 0 Å². The molecule has 0 bridgehead atoms. The van der Waals surface area contributed by atoms with E-state index in [2.05, 4.69) is 31.0 Å². The first-order valence-corrected chi connectivity index (χ1v) is 7.29. The van der Waals surface area contributed by atoms with Crippen molar-refractivity contribution < 1.29 is 4.79 Å². The lowest BCUT2D eigenvalue weighted by Gasteiger charge is -2.32. The van der Waals surface area contributed by atoms with Gasteiger partial charge in [0.05, 0.1) is 12.2 Å². The van der Waals surface area contributed by atoms with Gasteiger partial charge in [0.25, 0.3) is 0 Å². The summed E-state index contributed by atoms with van der Waals surface area (Å²) in [6, 6.07) is 0.525. The normalized spacial score (nSPS) is 31.0. The van der Waals surface area contributed by atoms with Crippen LogP contribution < -0.4 is 5.32 Å². The average Bonchev–Trinajstić information content (AvgIpc) is 3.10. The quantitative estimate of drug-likeness (QED) is 0.771. The minimum atomic E-state index is 0.0632. The molecule has 3 unspecified atom stereocenters. The average molecular weight is 238 g/mol. The first kappa shape index (κ1) is 12.9. The molecule has 17 heavy (non-hydrogen) atoms. The molecule has 3 atom stereocenters. The van der Waals surface area contributed by atoms with Crippen LogP contribution in [0.1, 0.15) is 59.3 Å². The summed E-state index contributed by atoms with van der Waals surface area (Å²) >= 11 is 0. The lowest BCUT2D eigenvalue weighted by atomic mass is 10.0. The van der Waals surface area contributed by atoms with Gasteiger partial charge < -0.3 is 4.90 Å². The summed E-state index contributed by atoms with van der Waals surface area (Å²) in [4.78, 5) is 14.5. The highest BCUT2D eigenvalue weighted by Gasteiger charge is 2.41. The van der Waals surface area contributed by atoms with Crippen LogP contribution >= 0.6 is 0 Å². The van der Waals surface area contributed by atoms with Crippen LogP contribution in [-0.4, -0.2) is 29.1 Å². The number of nitrogens with one attached hydrogen (secondary N) is 1. The van der Waals surface area contributed by atoms with Crippen molar-refractivity contribution in [1.29, 1.82) is 0 Å². The molecule has 98 valence electrons. The molecule has 3 heteroatoms. The molecule has 1 saturated heterocycles. The Morgan fingerprint density at radius 1 is 1.29 bits per heavy atom. The van der Waals surface area contributed by atoms with Crippen molar-refractivity contribution in [1.82, 2.24) is 10.2 Å². The Morgan fingerprint density at radius 2 is 2.00 bits per heavy atom. The van der Waals surface area contributed by atoms with E-state index >= 15 is 0 Å². The maximum atomic E-state index is 12.4. The Kier molecular flexibility index (Phi) is 4.08. The predicted molar refractivity (Wildman–Crippen MR) is 69.6 cm³/mol. The van der Waals surface area contributed by atoms with E-state index in [9.17, 15) is 4.79 Å². The lowest BCUT2D eigenvalue weighted by molar-refractivity contribution is -0.132. The van der Waals surface area contributed by atoms with Crippen LogP contribution in [-0.2, 0) is 4.79 Å². The molecule has 0 aromatic carbocycles. The molecule has 1 aliphatic carbocycles. The van der Waals surface area contributed by atoms with Gasteiger partial charge in [-0.15, -0.1) is 0 Å². The molecule has 1 saturated carbocycles. The molecule has 0 aromatic heterocycles. The van der Waals surface area contributed by atoms with Crippen LogP contribution in [0.25, 0.3) is 0 Å². The standard InChI is InChI=1S/C14H26N2O/c1-4-11(9-10-7-8-10)16-13(6-3)15-12(5-2)14(16)17/h10-13,15H,4-9H2,1-3H3. The van der Waals surface area contributed by atoms with Gasteiger partial charge in [-0.05, 0) is 31.6 Å². The Labute approximate surface area is 105 Å². The maximum absolute atomic E-state index is 12.4.